The van der Waals surface area contributed by atoms with Crippen molar-refractivity contribution in [2.45, 2.75) is 33.1 Å². The van der Waals surface area contributed by atoms with Gasteiger partial charge in [-0.25, -0.2) is 0 Å². The summed E-state index contributed by atoms with van der Waals surface area (Å²) in [4.78, 5) is 0. The molecule has 0 unspecified atom stereocenters. The Morgan fingerprint density at radius 1 is 1.50 bits per heavy atom. The smallest absolute Gasteiger partial charge is 0.00327 e. The molecule has 0 aromatic carbocycles. The van der Waals surface area contributed by atoms with E-state index in [1.807, 2.05) is 6.92 Å². The summed E-state index contributed by atoms with van der Waals surface area (Å²) in [5, 5.41) is 0. The number of rotatable bonds is 4. The van der Waals surface area contributed by atoms with Gasteiger partial charge in [0.05, 0.1) is 0 Å². The van der Waals surface area contributed by atoms with Gasteiger partial charge < -0.3 is 5.73 Å². The van der Waals surface area contributed by atoms with Crippen LogP contribution in [0.4, 0.5) is 0 Å². The van der Waals surface area contributed by atoms with E-state index in [9.17, 15) is 0 Å². The van der Waals surface area contributed by atoms with E-state index < -0.39 is 0 Å². The molecule has 0 amide bonds. The molecular weight excluding hydrogens is 122 g/mol. The average Bonchev–Trinajstić information content (AvgIpc) is 1.98. The number of unbranched alkanes of at least 4 members (excludes halogenated alkanes) is 2. The Morgan fingerprint density at radius 3 is 2.70 bits per heavy atom. The van der Waals surface area contributed by atoms with Crippen LogP contribution in [0, 0.1) is 0 Å². The minimum absolute atomic E-state index is 1.14. The first-order valence-corrected chi connectivity index (χ1v) is 3.86. The van der Waals surface area contributed by atoms with Gasteiger partial charge in [-0.05, 0) is 25.1 Å². The highest BCUT2D eigenvalue weighted by molar-refractivity contribution is 5.13. The van der Waals surface area contributed by atoms with Crippen LogP contribution in [0.3, 0.4) is 0 Å². The van der Waals surface area contributed by atoms with E-state index in [0.29, 0.717) is 0 Å². The molecule has 0 atom stereocenters. The van der Waals surface area contributed by atoms with Crippen molar-refractivity contribution in [1.29, 1.82) is 0 Å². The Kier molecular flexibility index (Phi) is 5.94. The third-order valence-corrected chi connectivity index (χ3v) is 1.37. The van der Waals surface area contributed by atoms with E-state index in [-0.39, 0.29) is 0 Å². The molecule has 0 rings (SSSR count). The fourth-order valence-corrected chi connectivity index (χ4v) is 0.647. The van der Waals surface area contributed by atoms with Gasteiger partial charge >= 0.3 is 0 Å². The van der Waals surface area contributed by atoms with Crippen molar-refractivity contribution >= 4 is 0 Å². The average molecular weight is 139 g/mol. The minimum atomic E-state index is 1.14. The van der Waals surface area contributed by atoms with Crippen molar-refractivity contribution in [2.75, 3.05) is 0 Å². The van der Waals surface area contributed by atoms with E-state index in [2.05, 4.69) is 19.1 Å². The molecule has 0 radical (unpaired) electrons. The molecule has 58 valence electrons. The largest absolute Gasteiger partial charge is 0.404 e. The first kappa shape index (κ1) is 9.28. The third kappa shape index (κ3) is 5.42. The first-order chi connectivity index (χ1) is 4.81. The Bertz CT molecular complexity index is 123. The van der Waals surface area contributed by atoms with Crippen molar-refractivity contribution in [3.8, 4) is 0 Å². The fourth-order valence-electron chi connectivity index (χ4n) is 0.647. The Balaban J connectivity index is 3.37. The van der Waals surface area contributed by atoms with Crippen molar-refractivity contribution in [2.24, 2.45) is 5.73 Å². The summed E-state index contributed by atoms with van der Waals surface area (Å²) in [5.41, 5.74) is 6.41. The zero-order valence-electron chi connectivity index (χ0n) is 6.93. The summed E-state index contributed by atoms with van der Waals surface area (Å²) in [6.07, 6.45) is 9.56. The Labute approximate surface area is 63.6 Å². The molecule has 0 aliphatic heterocycles. The van der Waals surface area contributed by atoms with Crippen LogP contribution in [0.1, 0.15) is 33.1 Å². The van der Waals surface area contributed by atoms with E-state index in [4.69, 9.17) is 5.73 Å². The summed E-state index contributed by atoms with van der Waals surface area (Å²) in [7, 11) is 0. The lowest BCUT2D eigenvalue weighted by Crippen LogP contribution is -1.79. The molecule has 0 saturated carbocycles. The molecule has 0 aliphatic rings. The van der Waals surface area contributed by atoms with Gasteiger partial charge in [0, 0.05) is 0 Å². The van der Waals surface area contributed by atoms with Gasteiger partial charge in [-0.2, -0.15) is 0 Å². The normalized spacial score (nSPS) is 12.8. The summed E-state index contributed by atoms with van der Waals surface area (Å²) in [6, 6.07) is 0. The second-order valence-corrected chi connectivity index (χ2v) is 2.46. The minimum Gasteiger partial charge on any atom is -0.404 e. The molecular formula is C9H17N. The monoisotopic (exact) mass is 139 g/mol. The summed E-state index contributed by atoms with van der Waals surface area (Å²) < 4.78 is 0. The van der Waals surface area contributed by atoms with E-state index in [1.54, 1.807) is 6.20 Å². The molecule has 0 heterocycles. The molecule has 1 nitrogen and oxygen atoms in total. The predicted octanol–water partition coefficient (Wildman–Crippen LogP) is 2.60. The second-order valence-electron chi connectivity index (χ2n) is 2.46. The molecule has 0 aliphatic carbocycles. The van der Waals surface area contributed by atoms with Gasteiger partial charge in [0.2, 0.25) is 0 Å². The SMILES string of the molecule is CCCC/C=C/C(C)=C\N. The molecule has 10 heavy (non-hydrogen) atoms. The van der Waals surface area contributed by atoms with Gasteiger partial charge in [-0.1, -0.05) is 31.9 Å². The van der Waals surface area contributed by atoms with Crippen molar-refractivity contribution in [1.82, 2.24) is 0 Å². The third-order valence-electron chi connectivity index (χ3n) is 1.37. The van der Waals surface area contributed by atoms with Gasteiger partial charge in [-0.15, -0.1) is 0 Å². The van der Waals surface area contributed by atoms with Crippen molar-refractivity contribution < 1.29 is 0 Å². The van der Waals surface area contributed by atoms with Gasteiger partial charge in [0.1, 0.15) is 0 Å². The van der Waals surface area contributed by atoms with Crippen molar-refractivity contribution in [3.63, 3.8) is 0 Å². The lowest BCUT2D eigenvalue weighted by molar-refractivity contribution is 0.814. The van der Waals surface area contributed by atoms with E-state index in [1.165, 1.54) is 19.3 Å². The Morgan fingerprint density at radius 2 is 2.20 bits per heavy atom. The van der Waals surface area contributed by atoms with Crippen LogP contribution in [0.2, 0.25) is 0 Å². The van der Waals surface area contributed by atoms with Crippen LogP contribution in [0.15, 0.2) is 23.9 Å². The van der Waals surface area contributed by atoms with Crippen LogP contribution < -0.4 is 5.73 Å². The molecule has 0 aromatic heterocycles. The standard InChI is InChI=1S/C9H17N/c1-3-4-5-6-7-9(2)8-10/h6-8H,3-5,10H2,1-2H3/b7-6+,9-8-. The highest BCUT2D eigenvalue weighted by Crippen LogP contribution is 1.98. The first-order valence-electron chi connectivity index (χ1n) is 3.86. The van der Waals surface area contributed by atoms with Gasteiger partial charge in [0.15, 0.2) is 0 Å². The lowest BCUT2D eigenvalue weighted by atomic mass is 10.2. The highest BCUT2D eigenvalue weighted by atomic mass is 14.5. The highest BCUT2D eigenvalue weighted by Gasteiger charge is 1.78. The van der Waals surface area contributed by atoms with Crippen LogP contribution in [0.5, 0.6) is 0 Å². The molecule has 1 heteroatoms. The summed E-state index contributed by atoms with van der Waals surface area (Å²) >= 11 is 0. The van der Waals surface area contributed by atoms with Crippen molar-refractivity contribution in [3.05, 3.63) is 23.9 Å². The zero-order chi connectivity index (χ0) is 7.82. The van der Waals surface area contributed by atoms with Gasteiger partial charge in [-0.3, -0.25) is 0 Å². The summed E-state index contributed by atoms with van der Waals surface area (Å²) in [6.45, 7) is 4.20. The van der Waals surface area contributed by atoms with Gasteiger partial charge in [0.25, 0.3) is 0 Å². The lowest BCUT2D eigenvalue weighted by Gasteiger charge is -1.89. The number of hydrogen-bond acceptors (Lipinski definition) is 1. The maximum atomic E-state index is 5.27. The fraction of sp³-hybridized carbons (Fsp3) is 0.556. The molecule has 0 bridgehead atoms. The van der Waals surface area contributed by atoms with Crippen LogP contribution >= 0.6 is 0 Å². The topological polar surface area (TPSA) is 26.0 Å². The molecule has 0 aromatic rings. The molecule has 2 N–H and O–H groups in total. The maximum absolute atomic E-state index is 5.27. The second kappa shape index (κ2) is 6.40. The van der Waals surface area contributed by atoms with E-state index >= 15 is 0 Å². The van der Waals surface area contributed by atoms with Crippen LogP contribution in [0.25, 0.3) is 0 Å². The summed E-state index contributed by atoms with van der Waals surface area (Å²) in [5.74, 6) is 0. The predicted molar refractivity (Wildman–Crippen MR) is 46.6 cm³/mol. The Hall–Kier alpha value is -0.720. The molecule has 0 saturated heterocycles. The van der Waals surface area contributed by atoms with Crippen LogP contribution in [-0.4, -0.2) is 0 Å². The molecule has 0 fully saturated rings. The van der Waals surface area contributed by atoms with E-state index in [0.717, 1.165) is 5.57 Å². The number of hydrogen-bond donors (Lipinski definition) is 1. The number of nitrogens with two attached hydrogens (primary N) is 1. The quantitative estimate of drug-likeness (QED) is 0.470. The molecule has 0 spiro atoms. The number of allylic oxidation sites excluding steroid dienone is 3. The van der Waals surface area contributed by atoms with Crippen LogP contribution in [-0.2, 0) is 0 Å². The maximum Gasteiger partial charge on any atom is -0.00327 e. The zero-order valence-corrected chi connectivity index (χ0v) is 6.93.